The number of esters is 1. The summed E-state index contributed by atoms with van der Waals surface area (Å²) in [6, 6.07) is 7.30. The summed E-state index contributed by atoms with van der Waals surface area (Å²) in [4.78, 5) is 23.5. The van der Waals surface area contributed by atoms with E-state index < -0.39 is 0 Å². The molecule has 0 bridgehead atoms. The van der Waals surface area contributed by atoms with Crippen molar-refractivity contribution >= 4 is 11.9 Å². The maximum Gasteiger partial charge on any atom is 0.305 e. The number of methoxy groups -OCH3 is 2. The number of hydrogen-bond donors (Lipinski definition) is 1. The number of aryl methyl sites for hydroxylation is 1. The number of nitrogens with one attached hydrogen (secondary N) is 1. The molecular weight excluding hydrogens is 346 g/mol. The first kappa shape index (κ1) is 20.6. The summed E-state index contributed by atoms with van der Waals surface area (Å²) >= 11 is 0. The summed E-state index contributed by atoms with van der Waals surface area (Å²) in [5.41, 5.74) is 4.38. The Morgan fingerprint density at radius 2 is 1.85 bits per heavy atom. The second-order valence-corrected chi connectivity index (χ2v) is 6.29. The lowest BCUT2D eigenvalue weighted by Crippen LogP contribution is -2.25. The van der Waals surface area contributed by atoms with Gasteiger partial charge in [-0.25, -0.2) is 4.68 Å². The van der Waals surface area contributed by atoms with Crippen molar-refractivity contribution in [1.29, 1.82) is 0 Å². The van der Waals surface area contributed by atoms with Gasteiger partial charge < -0.3 is 14.8 Å². The lowest BCUT2D eigenvalue weighted by Gasteiger charge is -2.08. The highest BCUT2D eigenvalue weighted by Crippen LogP contribution is 2.20. The molecule has 0 aliphatic carbocycles. The van der Waals surface area contributed by atoms with Crippen LogP contribution >= 0.6 is 0 Å². The van der Waals surface area contributed by atoms with Crippen molar-refractivity contribution in [3.05, 3.63) is 46.8 Å². The van der Waals surface area contributed by atoms with E-state index in [0.29, 0.717) is 31.6 Å². The normalized spacial score (nSPS) is 10.7. The fraction of sp³-hybridized carbons (Fsp3) is 0.450. The van der Waals surface area contributed by atoms with Gasteiger partial charge in [0.05, 0.1) is 18.5 Å². The molecule has 0 unspecified atom stereocenters. The predicted octanol–water partition coefficient (Wildman–Crippen LogP) is 2.36. The molecule has 0 saturated carbocycles. The number of benzene rings is 1. The molecule has 0 saturated heterocycles. The standard InChI is InChI=1S/C20H27N3O4/c1-14-18(10-11-19(24)27-4)15(2)23(22-14)17-8-6-16(7-9-17)20(25)21-12-5-13-26-3/h6-9H,5,10-13H2,1-4H3,(H,21,25). The molecule has 0 aliphatic rings. The van der Waals surface area contributed by atoms with E-state index in [9.17, 15) is 9.59 Å². The minimum Gasteiger partial charge on any atom is -0.469 e. The zero-order chi connectivity index (χ0) is 19.8. The van der Waals surface area contributed by atoms with E-state index in [1.54, 1.807) is 19.2 Å². The molecule has 0 fully saturated rings. The van der Waals surface area contributed by atoms with E-state index in [4.69, 9.17) is 9.47 Å². The second-order valence-electron chi connectivity index (χ2n) is 6.29. The van der Waals surface area contributed by atoms with Gasteiger partial charge in [-0.1, -0.05) is 0 Å². The van der Waals surface area contributed by atoms with Gasteiger partial charge in [0.25, 0.3) is 5.91 Å². The highest BCUT2D eigenvalue weighted by atomic mass is 16.5. The maximum absolute atomic E-state index is 12.1. The zero-order valence-corrected chi connectivity index (χ0v) is 16.4. The SMILES string of the molecule is COCCCNC(=O)c1ccc(-n2nc(C)c(CCC(=O)OC)c2C)cc1. The zero-order valence-electron chi connectivity index (χ0n) is 16.4. The Bertz CT molecular complexity index is 781. The van der Waals surface area contributed by atoms with Crippen LogP contribution in [0.25, 0.3) is 5.69 Å². The second kappa shape index (κ2) is 9.87. The molecule has 0 aliphatic heterocycles. The number of rotatable bonds is 9. The minimum atomic E-state index is -0.234. The lowest BCUT2D eigenvalue weighted by atomic mass is 10.1. The number of hydrogen-bond acceptors (Lipinski definition) is 5. The van der Waals surface area contributed by atoms with Crippen molar-refractivity contribution in [1.82, 2.24) is 15.1 Å². The number of nitrogens with zero attached hydrogens (tertiary/aromatic N) is 2. The monoisotopic (exact) mass is 373 g/mol. The fourth-order valence-electron chi connectivity index (χ4n) is 2.89. The molecule has 7 nitrogen and oxygen atoms in total. The Morgan fingerprint density at radius 1 is 1.15 bits per heavy atom. The molecule has 0 spiro atoms. The summed E-state index contributed by atoms with van der Waals surface area (Å²) in [5, 5.41) is 7.44. The van der Waals surface area contributed by atoms with Gasteiger partial charge in [-0.05, 0) is 56.5 Å². The first-order valence-electron chi connectivity index (χ1n) is 8.97. The van der Waals surface area contributed by atoms with Gasteiger partial charge in [0.15, 0.2) is 0 Å². The highest BCUT2D eigenvalue weighted by Gasteiger charge is 2.15. The van der Waals surface area contributed by atoms with Crippen LogP contribution in [0.4, 0.5) is 0 Å². The average molecular weight is 373 g/mol. The van der Waals surface area contributed by atoms with Crippen LogP contribution < -0.4 is 5.32 Å². The number of aromatic nitrogens is 2. The quantitative estimate of drug-likeness (QED) is 0.539. The van der Waals surface area contributed by atoms with Crippen molar-refractivity contribution in [2.45, 2.75) is 33.1 Å². The van der Waals surface area contributed by atoms with Crippen LogP contribution in [0, 0.1) is 13.8 Å². The van der Waals surface area contributed by atoms with Gasteiger partial charge >= 0.3 is 5.97 Å². The Labute approximate surface area is 159 Å². The largest absolute Gasteiger partial charge is 0.469 e. The topological polar surface area (TPSA) is 82.5 Å². The molecule has 146 valence electrons. The van der Waals surface area contributed by atoms with E-state index in [1.807, 2.05) is 30.7 Å². The molecule has 7 heteroatoms. The molecule has 1 N–H and O–H groups in total. The number of ether oxygens (including phenoxy) is 2. The van der Waals surface area contributed by atoms with Gasteiger partial charge in [-0.15, -0.1) is 0 Å². The van der Waals surface area contributed by atoms with E-state index >= 15 is 0 Å². The van der Waals surface area contributed by atoms with Crippen molar-refractivity contribution < 1.29 is 19.1 Å². The smallest absolute Gasteiger partial charge is 0.305 e. The van der Waals surface area contributed by atoms with Gasteiger partial charge in [-0.2, -0.15) is 5.10 Å². The molecule has 0 atom stereocenters. The molecule has 1 aromatic carbocycles. The van der Waals surface area contributed by atoms with Crippen molar-refractivity contribution in [2.75, 3.05) is 27.4 Å². The van der Waals surface area contributed by atoms with E-state index in [-0.39, 0.29) is 11.9 Å². The van der Waals surface area contributed by atoms with Gasteiger partial charge in [0.2, 0.25) is 0 Å². The molecule has 2 rings (SSSR count). The third-order valence-electron chi connectivity index (χ3n) is 4.43. The summed E-state index contributed by atoms with van der Waals surface area (Å²) in [7, 11) is 3.03. The van der Waals surface area contributed by atoms with E-state index in [0.717, 1.165) is 29.1 Å². The van der Waals surface area contributed by atoms with Crippen molar-refractivity contribution in [2.24, 2.45) is 0 Å². The molecule has 1 aromatic heterocycles. The predicted molar refractivity (Wildman–Crippen MR) is 102 cm³/mol. The van der Waals surface area contributed by atoms with Crippen LogP contribution in [0.15, 0.2) is 24.3 Å². The first-order chi connectivity index (χ1) is 13.0. The minimum absolute atomic E-state index is 0.107. The van der Waals surface area contributed by atoms with Crippen LogP contribution in [-0.4, -0.2) is 49.0 Å². The molecule has 1 heterocycles. The Kier molecular flexibility index (Phi) is 7.55. The molecular formula is C20H27N3O4. The summed E-state index contributed by atoms with van der Waals surface area (Å²) in [5.74, 6) is -0.341. The maximum atomic E-state index is 12.1. The molecule has 1 amide bonds. The van der Waals surface area contributed by atoms with Crippen LogP contribution in [0.2, 0.25) is 0 Å². The molecule has 27 heavy (non-hydrogen) atoms. The first-order valence-corrected chi connectivity index (χ1v) is 8.97. The highest BCUT2D eigenvalue weighted by molar-refractivity contribution is 5.94. The van der Waals surface area contributed by atoms with Crippen LogP contribution in [-0.2, 0) is 20.7 Å². The lowest BCUT2D eigenvalue weighted by molar-refractivity contribution is -0.140. The fourth-order valence-corrected chi connectivity index (χ4v) is 2.89. The number of carbonyl (C=O) groups is 2. The van der Waals surface area contributed by atoms with Crippen LogP contribution in [0.1, 0.15) is 40.2 Å². The summed E-state index contributed by atoms with van der Waals surface area (Å²) in [6.45, 7) is 5.10. The molecule has 0 radical (unpaired) electrons. The molecule has 2 aromatic rings. The van der Waals surface area contributed by atoms with Gasteiger partial charge in [0, 0.05) is 37.9 Å². The average Bonchev–Trinajstić information content (AvgIpc) is 2.97. The Hall–Kier alpha value is -2.67. The Morgan fingerprint density at radius 3 is 2.48 bits per heavy atom. The van der Waals surface area contributed by atoms with E-state index in [1.165, 1.54) is 7.11 Å². The third kappa shape index (κ3) is 5.40. The summed E-state index contributed by atoms with van der Waals surface area (Å²) in [6.07, 6.45) is 1.69. The van der Waals surface area contributed by atoms with E-state index in [2.05, 4.69) is 10.4 Å². The third-order valence-corrected chi connectivity index (χ3v) is 4.43. The van der Waals surface area contributed by atoms with Crippen LogP contribution in [0.5, 0.6) is 0 Å². The van der Waals surface area contributed by atoms with Crippen molar-refractivity contribution in [3.8, 4) is 5.69 Å². The van der Waals surface area contributed by atoms with Crippen molar-refractivity contribution in [3.63, 3.8) is 0 Å². The summed E-state index contributed by atoms with van der Waals surface area (Å²) < 4.78 is 11.5. The number of amides is 1. The van der Waals surface area contributed by atoms with Gasteiger partial charge in [-0.3, -0.25) is 9.59 Å². The number of carbonyl (C=O) groups excluding carboxylic acids is 2. The van der Waals surface area contributed by atoms with Crippen LogP contribution in [0.3, 0.4) is 0 Å². The Balaban J connectivity index is 2.08. The van der Waals surface area contributed by atoms with Gasteiger partial charge in [0.1, 0.15) is 0 Å².